The predicted octanol–water partition coefficient (Wildman–Crippen LogP) is 1.32. The van der Waals surface area contributed by atoms with Crippen LogP contribution >= 0.6 is 11.8 Å². The first kappa shape index (κ1) is 12.8. The average molecular weight is 230 g/mol. The van der Waals surface area contributed by atoms with E-state index in [1.54, 1.807) is 11.8 Å². The van der Waals surface area contributed by atoms with Crippen molar-refractivity contribution >= 4 is 17.7 Å². The standard InChI is InChI=1S/C11H22N2OS/c1-8-5-13(6-9(8)12)10(14)7-15-11(2,3)4/h8-9H,5-7,12H2,1-4H3. The van der Waals surface area contributed by atoms with Gasteiger partial charge in [0.25, 0.3) is 0 Å². The summed E-state index contributed by atoms with van der Waals surface area (Å²) in [4.78, 5) is 13.7. The van der Waals surface area contributed by atoms with E-state index in [0.29, 0.717) is 11.7 Å². The zero-order valence-corrected chi connectivity index (χ0v) is 10.9. The van der Waals surface area contributed by atoms with Crippen molar-refractivity contribution in [2.45, 2.75) is 38.5 Å². The Morgan fingerprint density at radius 2 is 2.07 bits per heavy atom. The Morgan fingerprint density at radius 3 is 2.47 bits per heavy atom. The Labute approximate surface area is 96.8 Å². The van der Waals surface area contributed by atoms with E-state index in [0.717, 1.165) is 13.1 Å². The van der Waals surface area contributed by atoms with Gasteiger partial charge in [-0.2, -0.15) is 0 Å². The molecule has 2 unspecified atom stereocenters. The first-order valence-electron chi connectivity index (χ1n) is 5.47. The molecule has 0 bridgehead atoms. The summed E-state index contributed by atoms with van der Waals surface area (Å²) in [6.07, 6.45) is 0. The van der Waals surface area contributed by atoms with Crippen LogP contribution in [0.4, 0.5) is 0 Å². The third-order valence-corrected chi connectivity index (χ3v) is 3.91. The number of thioether (sulfide) groups is 1. The van der Waals surface area contributed by atoms with Crippen molar-refractivity contribution in [1.82, 2.24) is 4.90 Å². The Hall–Kier alpha value is -0.220. The monoisotopic (exact) mass is 230 g/mol. The Balaban J connectivity index is 2.36. The van der Waals surface area contributed by atoms with Gasteiger partial charge >= 0.3 is 0 Å². The van der Waals surface area contributed by atoms with Crippen LogP contribution in [-0.2, 0) is 4.79 Å². The number of hydrogen-bond donors (Lipinski definition) is 1. The van der Waals surface area contributed by atoms with Crippen LogP contribution in [0.5, 0.6) is 0 Å². The highest BCUT2D eigenvalue weighted by Gasteiger charge is 2.30. The second kappa shape index (κ2) is 4.74. The highest BCUT2D eigenvalue weighted by Crippen LogP contribution is 2.24. The van der Waals surface area contributed by atoms with Gasteiger partial charge in [-0.3, -0.25) is 4.79 Å². The van der Waals surface area contributed by atoms with Gasteiger partial charge < -0.3 is 10.6 Å². The predicted molar refractivity (Wildman–Crippen MR) is 65.9 cm³/mol. The van der Waals surface area contributed by atoms with Crippen LogP contribution in [0.25, 0.3) is 0 Å². The molecule has 0 saturated carbocycles. The number of rotatable bonds is 2. The average Bonchev–Trinajstić information content (AvgIpc) is 2.42. The molecule has 1 heterocycles. The minimum atomic E-state index is 0.156. The third kappa shape index (κ3) is 4.03. The van der Waals surface area contributed by atoms with E-state index in [2.05, 4.69) is 27.7 Å². The minimum Gasteiger partial charge on any atom is -0.340 e. The molecule has 1 amide bonds. The largest absolute Gasteiger partial charge is 0.340 e. The molecule has 1 rings (SSSR count). The second-order valence-electron chi connectivity index (χ2n) is 5.34. The molecule has 4 heteroatoms. The van der Waals surface area contributed by atoms with Crippen LogP contribution in [0.1, 0.15) is 27.7 Å². The van der Waals surface area contributed by atoms with Gasteiger partial charge in [0, 0.05) is 23.9 Å². The first-order valence-corrected chi connectivity index (χ1v) is 6.45. The van der Waals surface area contributed by atoms with Gasteiger partial charge in [0.05, 0.1) is 5.75 Å². The summed E-state index contributed by atoms with van der Waals surface area (Å²) in [5, 5.41) is 0. The van der Waals surface area contributed by atoms with Crippen molar-refractivity contribution in [1.29, 1.82) is 0 Å². The maximum atomic E-state index is 11.8. The van der Waals surface area contributed by atoms with E-state index < -0.39 is 0 Å². The summed E-state index contributed by atoms with van der Waals surface area (Å²) in [5.41, 5.74) is 5.89. The molecule has 0 spiro atoms. The molecule has 0 aromatic rings. The molecular formula is C11H22N2OS. The van der Waals surface area contributed by atoms with Crippen molar-refractivity contribution < 1.29 is 4.79 Å². The smallest absolute Gasteiger partial charge is 0.232 e. The van der Waals surface area contributed by atoms with Crippen molar-refractivity contribution in [3.05, 3.63) is 0 Å². The molecule has 1 fully saturated rings. The molecule has 0 radical (unpaired) electrons. The van der Waals surface area contributed by atoms with E-state index in [9.17, 15) is 4.79 Å². The fraction of sp³-hybridized carbons (Fsp3) is 0.909. The molecule has 1 saturated heterocycles. The molecule has 0 aromatic carbocycles. The van der Waals surface area contributed by atoms with E-state index in [4.69, 9.17) is 5.73 Å². The lowest BCUT2D eigenvalue weighted by Gasteiger charge is -2.20. The lowest BCUT2D eigenvalue weighted by Crippen LogP contribution is -2.33. The fourth-order valence-electron chi connectivity index (χ4n) is 1.57. The minimum absolute atomic E-state index is 0.156. The zero-order chi connectivity index (χ0) is 11.6. The summed E-state index contributed by atoms with van der Waals surface area (Å²) >= 11 is 1.70. The van der Waals surface area contributed by atoms with Crippen LogP contribution in [-0.4, -0.2) is 40.4 Å². The highest BCUT2D eigenvalue weighted by molar-refractivity contribution is 8.01. The van der Waals surface area contributed by atoms with E-state index in [-0.39, 0.29) is 16.7 Å². The summed E-state index contributed by atoms with van der Waals surface area (Å²) in [7, 11) is 0. The van der Waals surface area contributed by atoms with Crippen LogP contribution in [0, 0.1) is 5.92 Å². The molecule has 1 aliphatic rings. The first-order chi connectivity index (χ1) is 6.79. The lowest BCUT2D eigenvalue weighted by atomic mass is 10.1. The Kier molecular flexibility index (Phi) is 4.06. The van der Waals surface area contributed by atoms with Crippen molar-refractivity contribution in [3.8, 4) is 0 Å². The Morgan fingerprint density at radius 1 is 1.47 bits per heavy atom. The Bertz CT molecular complexity index is 227. The number of amides is 1. The van der Waals surface area contributed by atoms with Gasteiger partial charge in [0.15, 0.2) is 0 Å². The van der Waals surface area contributed by atoms with Crippen LogP contribution < -0.4 is 5.73 Å². The lowest BCUT2D eigenvalue weighted by molar-refractivity contribution is -0.127. The number of carbonyl (C=O) groups is 1. The second-order valence-corrected chi connectivity index (χ2v) is 7.14. The van der Waals surface area contributed by atoms with E-state index >= 15 is 0 Å². The fourth-order valence-corrected chi connectivity index (χ4v) is 2.30. The van der Waals surface area contributed by atoms with Crippen LogP contribution in [0.2, 0.25) is 0 Å². The zero-order valence-electron chi connectivity index (χ0n) is 10.1. The van der Waals surface area contributed by atoms with Gasteiger partial charge in [-0.15, -0.1) is 11.8 Å². The number of carbonyl (C=O) groups excluding carboxylic acids is 1. The topological polar surface area (TPSA) is 46.3 Å². The van der Waals surface area contributed by atoms with Gasteiger partial charge in [-0.25, -0.2) is 0 Å². The van der Waals surface area contributed by atoms with Gasteiger partial charge in [0.2, 0.25) is 5.91 Å². The third-order valence-electron chi connectivity index (χ3n) is 2.65. The van der Waals surface area contributed by atoms with Gasteiger partial charge in [0.1, 0.15) is 0 Å². The highest BCUT2D eigenvalue weighted by atomic mass is 32.2. The van der Waals surface area contributed by atoms with Crippen molar-refractivity contribution in [2.75, 3.05) is 18.8 Å². The molecule has 0 aromatic heterocycles. The maximum absolute atomic E-state index is 11.8. The summed E-state index contributed by atoms with van der Waals surface area (Å²) in [5.74, 6) is 1.24. The molecule has 2 atom stereocenters. The van der Waals surface area contributed by atoms with E-state index in [1.165, 1.54) is 0 Å². The summed E-state index contributed by atoms with van der Waals surface area (Å²) in [6, 6.07) is 0.161. The van der Waals surface area contributed by atoms with Crippen molar-refractivity contribution in [3.63, 3.8) is 0 Å². The van der Waals surface area contributed by atoms with Gasteiger partial charge in [-0.05, 0) is 5.92 Å². The molecule has 0 aliphatic carbocycles. The van der Waals surface area contributed by atoms with Gasteiger partial charge in [-0.1, -0.05) is 27.7 Å². The number of hydrogen-bond acceptors (Lipinski definition) is 3. The summed E-state index contributed by atoms with van der Waals surface area (Å²) in [6.45, 7) is 10.0. The molecular weight excluding hydrogens is 208 g/mol. The number of nitrogens with zero attached hydrogens (tertiary/aromatic N) is 1. The molecule has 1 aliphatic heterocycles. The molecule has 3 nitrogen and oxygen atoms in total. The van der Waals surface area contributed by atoms with Crippen LogP contribution in [0.15, 0.2) is 0 Å². The maximum Gasteiger partial charge on any atom is 0.232 e. The van der Waals surface area contributed by atoms with Crippen molar-refractivity contribution in [2.24, 2.45) is 11.7 Å². The molecule has 15 heavy (non-hydrogen) atoms. The number of likely N-dealkylation sites (tertiary alicyclic amines) is 1. The number of nitrogens with two attached hydrogens (primary N) is 1. The SMILES string of the molecule is CC1CN(C(=O)CSC(C)(C)C)CC1N. The van der Waals surface area contributed by atoms with E-state index in [1.807, 2.05) is 4.90 Å². The summed E-state index contributed by atoms with van der Waals surface area (Å²) < 4.78 is 0.156. The molecule has 88 valence electrons. The van der Waals surface area contributed by atoms with Crippen LogP contribution in [0.3, 0.4) is 0 Å². The molecule has 2 N–H and O–H groups in total. The quantitative estimate of drug-likeness (QED) is 0.778. The normalized spacial score (nSPS) is 27.1.